The number of nitrogens with zero attached hydrogens (tertiary/aromatic N) is 1. The van der Waals surface area contributed by atoms with E-state index in [4.69, 9.17) is 4.74 Å². The molecule has 0 aromatic heterocycles. The third kappa shape index (κ3) is 5.48. The van der Waals surface area contributed by atoms with E-state index < -0.39 is 6.10 Å². The van der Waals surface area contributed by atoms with Crippen LogP contribution in [0.1, 0.15) is 41.8 Å². The van der Waals surface area contributed by atoms with Crippen LogP contribution in [0.2, 0.25) is 0 Å². The van der Waals surface area contributed by atoms with Crippen LogP contribution in [0.5, 0.6) is 0 Å². The van der Waals surface area contributed by atoms with Crippen LogP contribution in [-0.2, 0) is 9.53 Å². The number of aliphatic hydroxyl groups excluding tert-OH is 1. The number of aryl methyl sites for hydroxylation is 2. The summed E-state index contributed by atoms with van der Waals surface area (Å²) in [6.07, 6.45) is -0.533. The maximum atomic E-state index is 12.6. The Morgan fingerprint density at radius 1 is 1.27 bits per heavy atom. The average Bonchev–Trinajstić information content (AvgIpc) is 2.45. The molecule has 1 aromatic carbocycles. The summed E-state index contributed by atoms with van der Waals surface area (Å²) in [6.45, 7) is 8.03. The van der Waals surface area contributed by atoms with Gasteiger partial charge in [0, 0.05) is 18.7 Å². The lowest BCUT2D eigenvalue weighted by Gasteiger charge is -2.24. The molecule has 5 nitrogen and oxygen atoms in total. The molecule has 0 heterocycles. The summed E-state index contributed by atoms with van der Waals surface area (Å²) >= 11 is 0. The molecule has 5 heteroatoms. The smallest absolute Gasteiger partial charge is 0.307 e. The first-order chi connectivity index (χ1) is 10.3. The zero-order chi connectivity index (χ0) is 16.7. The lowest BCUT2D eigenvalue weighted by molar-refractivity contribution is -0.143. The number of esters is 1. The molecular formula is C17H25NO4. The van der Waals surface area contributed by atoms with Crippen LogP contribution in [0.25, 0.3) is 0 Å². The van der Waals surface area contributed by atoms with E-state index >= 15 is 0 Å². The third-order valence-electron chi connectivity index (χ3n) is 3.42. The summed E-state index contributed by atoms with van der Waals surface area (Å²) in [6, 6.07) is 5.50. The summed E-state index contributed by atoms with van der Waals surface area (Å²) in [5.74, 6) is -0.528. The topological polar surface area (TPSA) is 66.8 Å². The fraction of sp³-hybridized carbons (Fsp3) is 0.529. The van der Waals surface area contributed by atoms with Crippen LogP contribution >= 0.6 is 0 Å². The lowest BCUT2D eigenvalue weighted by atomic mass is 10.1. The van der Waals surface area contributed by atoms with E-state index in [0.29, 0.717) is 12.2 Å². The zero-order valence-electron chi connectivity index (χ0n) is 13.8. The summed E-state index contributed by atoms with van der Waals surface area (Å²) in [4.78, 5) is 25.5. The molecule has 0 radical (unpaired) electrons. The Kier molecular flexibility index (Phi) is 7.05. The van der Waals surface area contributed by atoms with Crippen LogP contribution in [0.4, 0.5) is 0 Å². The fourth-order valence-corrected chi connectivity index (χ4v) is 2.11. The van der Waals surface area contributed by atoms with Crippen LogP contribution < -0.4 is 0 Å². The predicted octanol–water partition coefficient (Wildman–Crippen LogP) is 2.08. The van der Waals surface area contributed by atoms with Crippen molar-refractivity contribution in [1.29, 1.82) is 0 Å². The van der Waals surface area contributed by atoms with Gasteiger partial charge >= 0.3 is 5.97 Å². The first kappa shape index (κ1) is 18.2. The minimum Gasteiger partial charge on any atom is -0.466 e. The van der Waals surface area contributed by atoms with Gasteiger partial charge in [0.05, 0.1) is 19.1 Å². The number of hydrogen-bond donors (Lipinski definition) is 1. The Bertz CT molecular complexity index is 525. The molecule has 0 spiro atoms. The molecule has 0 saturated heterocycles. The monoisotopic (exact) mass is 307 g/mol. The first-order valence-electron chi connectivity index (χ1n) is 7.55. The molecule has 0 aliphatic carbocycles. The summed E-state index contributed by atoms with van der Waals surface area (Å²) < 4.78 is 4.88. The number of hydrogen-bond acceptors (Lipinski definition) is 4. The predicted molar refractivity (Wildman–Crippen MR) is 84.8 cm³/mol. The average molecular weight is 307 g/mol. The highest BCUT2D eigenvalue weighted by Crippen LogP contribution is 2.13. The summed E-state index contributed by atoms with van der Waals surface area (Å²) in [5, 5.41) is 9.58. The number of amides is 1. The van der Waals surface area contributed by atoms with E-state index in [0.717, 1.165) is 11.1 Å². The molecule has 1 aromatic rings. The number of ether oxygens (including phenoxy) is 1. The van der Waals surface area contributed by atoms with Gasteiger partial charge in [-0.2, -0.15) is 0 Å². The van der Waals surface area contributed by atoms with Crippen molar-refractivity contribution in [1.82, 2.24) is 4.90 Å². The first-order valence-corrected chi connectivity index (χ1v) is 7.55. The second kappa shape index (κ2) is 8.54. The van der Waals surface area contributed by atoms with Gasteiger partial charge in [-0.1, -0.05) is 6.07 Å². The van der Waals surface area contributed by atoms with Gasteiger partial charge in [0.2, 0.25) is 0 Å². The van der Waals surface area contributed by atoms with E-state index in [9.17, 15) is 14.7 Å². The van der Waals surface area contributed by atoms with Crippen molar-refractivity contribution < 1.29 is 19.4 Å². The minimum atomic E-state index is -0.655. The SMILES string of the molecule is CCOC(=O)CCN(CC(C)O)C(=O)c1ccc(C)c(C)c1. The quantitative estimate of drug-likeness (QED) is 0.783. The molecule has 0 aliphatic heterocycles. The second-order valence-corrected chi connectivity index (χ2v) is 5.45. The van der Waals surface area contributed by atoms with E-state index in [2.05, 4.69) is 0 Å². The number of carbonyl (C=O) groups is 2. The van der Waals surface area contributed by atoms with Gasteiger partial charge in [-0.15, -0.1) is 0 Å². The highest BCUT2D eigenvalue weighted by atomic mass is 16.5. The molecule has 122 valence electrons. The Labute approximate surface area is 131 Å². The maximum Gasteiger partial charge on any atom is 0.307 e. The molecule has 0 aliphatic rings. The van der Waals surface area contributed by atoms with E-state index in [1.807, 2.05) is 26.0 Å². The van der Waals surface area contributed by atoms with Crippen molar-refractivity contribution >= 4 is 11.9 Å². The lowest BCUT2D eigenvalue weighted by Crippen LogP contribution is -2.38. The Hall–Kier alpha value is -1.88. The van der Waals surface area contributed by atoms with Gasteiger partial charge in [-0.3, -0.25) is 9.59 Å². The van der Waals surface area contributed by atoms with Gasteiger partial charge in [0.1, 0.15) is 0 Å². The Balaban J connectivity index is 2.83. The Morgan fingerprint density at radius 3 is 2.50 bits per heavy atom. The molecule has 0 fully saturated rings. The molecule has 1 N–H and O–H groups in total. The van der Waals surface area contributed by atoms with Crippen LogP contribution in [0.15, 0.2) is 18.2 Å². The van der Waals surface area contributed by atoms with Crippen molar-refractivity contribution in [3.8, 4) is 0 Å². The molecule has 1 unspecified atom stereocenters. The van der Waals surface area contributed by atoms with E-state index in [1.54, 1.807) is 19.9 Å². The largest absolute Gasteiger partial charge is 0.466 e. The van der Waals surface area contributed by atoms with Crippen molar-refractivity contribution in [2.75, 3.05) is 19.7 Å². The van der Waals surface area contributed by atoms with Gasteiger partial charge < -0.3 is 14.7 Å². The molecule has 1 amide bonds. The molecule has 1 rings (SSSR count). The van der Waals surface area contributed by atoms with Crippen LogP contribution in [0, 0.1) is 13.8 Å². The van der Waals surface area contributed by atoms with Crippen molar-refractivity contribution in [3.63, 3.8) is 0 Å². The van der Waals surface area contributed by atoms with Gasteiger partial charge in [-0.05, 0) is 51.0 Å². The summed E-state index contributed by atoms with van der Waals surface area (Å²) in [7, 11) is 0. The van der Waals surface area contributed by atoms with Gasteiger partial charge in [0.25, 0.3) is 5.91 Å². The fourth-order valence-electron chi connectivity index (χ4n) is 2.11. The minimum absolute atomic E-state index is 0.122. The second-order valence-electron chi connectivity index (χ2n) is 5.45. The zero-order valence-corrected chi connectivity index (χ0v) is 13.8. The number of aliphatic hydroxyl groups is 1. The van der Waals surface area contributed by atoms with Gasteiger partial charge in [0.15, 0.2) is 0 Å². The maximum absolute atomic E-state index is 12.6. The van der Waals surface area contributed by atoms with Crippen molar-refractivity contribution in [3.05, 3.63) is 34.9 Å². The molecular weight excluding hydrogens is 282 g/mol. The van der Waals surface area contributed by atoms with Crippen molar-refractivity contribution in [2.24, 2.45) is 0 Å². The van der Waals surface area contributed by atoms with E-state index in [1.165, 1.54) is 4.90 Å². The highest BCUT2D eigenvalue weighted by molar-refractivity contribution is 5.94. The van der Waals surface area contributed by atoms with Crippen LogP contribution in [0.3, 0.4) is 0 Å². The normalized spacial score (nSPS) is 11.9. The molecule has 0 saturated carbocycles. The standard InChI is InChI=1S/C17H25NO4/c1-5-22-16(20)8-9-18(11-14(4)19)17(21)15-7-6-12(2)13(3)10-15/h6-7,10,14,19H,5,8-9,11H2,1-4H3. The number of rotatable bonds is 7. The molecule has 1 atom stereocenters. The van der Waals surface area contributed by atoms with Gasteiger partial charge in [-0.25, -0.2) is 0 Å². The number of carbonyl (C=O) groups excluding carboxylic acids is 2. The summed E-state index contributed by atoms with van der Waals surface area (Å²) in [5.41, 5.74) is 2.71. The molecule has 0 bridgehead atoms. The Morgan fingerprint density at radius 2 is 1.95 bits per heavy atom. The van der Waals surface area contributed by atoms with Crippen molar-refractivity contribution in [2.45, 2.75) is 40.2 Å². The van der Waals surface area contributed by atoms with Crippen LogP contribution in [-0.4, -0.2) is 47.7 Å². The third-order valence-corrected chi connectivity index (χ3v) is 3.42. The number of benzene rings is 1. The highest BCUT2D eigenvalue weighted by Gasteiger charge is 2.19. The molecule has 22 heavy (non-hydrogen) atoms. The van der Waals surface area contributed by atoms with E-state index in [-0.39, 0.29) is 31.4 Å².